The second-order valence-electron chi connectivity index (χ2n) is 4.37. The standard InChI is InChI=1S/C11H21NO8/c1-18-2-3-19-5-7(14)12-8-10(16)9(15)6(4-13)20-11(8)17/h6,8-11,13,15-17H,2-5H2,1H3,(H,12,14)/t6?,8?,9-,10+,11-/m0/s1. The fraction of sp³-hybridized carbons (Fsp3) is 0.909. The average Bonchev–Trinajstić information content (AvgIpc) is 2.43. The van der Waals surface area contributed by atoms with Gasteiger partial charge in [-0.1, -0.05) is 0 Å². The summed E-state index contributed by atoms with van der Waals surface area (Å²) in [6, 6.07) is -1.20. The first-order chi connectivity index (χ1) is 9.51. The molecule has 1 heterocycles. The van der Waals surface area contributed by atoms with Crippen molar-refractivity contribution in [3.05, 3.63) is 0 Å². The van der Waals surface area contributed by atoms with Crippen LogP contribution in [0.4, 0.5) is 0 Å². The van der Waals surface area contributed by atoms with Crippen molar-refractivity contribution in [2.45, 2.75) is 30.6 Å². The van der Waals surface area contributed by atoms with Crippen molar-refractivity contribution >= 4 is 5.91 Å². The number of hydrogen-bond donors (Lipinski definition) is 5. The molecule has 1 aliphatic heterocycles. The fourth-order valence-corrected chi connectivity index (χ4v) is 1.79. The van der Waals surface area contributed by atoms with E-state index < -0.39 is 43.2 Å². The molecule has 0 aromatic heterocycles. The summed E-state index contributed by atoms with van der Waals surface area (Å²) < 4.78 is 14.6. The number of amides is 1. The van der Waals surface area contributed by atoms with Gasteiger partial charge in [-0.05, 0) is 0 Å². The van der Waals surface area contributed by atoms with Gasteiger partial charge in [-0.25, -0.2) is 0 Å². The highest BCUT2D eigenvalue weighted by Gasteiger charge is 2.44. The highest BCUT2D eigenvalue weighted by Crippen LogP contribution is 2.19. The molecule has 0 radical (unpaired) electrons. The summed E-state index contributed by atoms with van der Waals surface area (Å²) in [6.07, 6.45) is -5.51. The van der Waals surface area contributed by atoms with Crippen LogP contribution >= 0.6 is 0 Å². The molecule has 1 fully saturated rings. The maximum atomic E-state index is 11.5. The summed E-state index contributed by atoms with van der Waals surface area (Å²) in [5.74, 6) is -0.581. The quantitative estimate of drug-likeness (QED) is 0.306. The zero-order chi connectivity index (χ0) is 15.1. The Balaban J connectivity index is 2.43. The lowest BCUT2D eigenvalue weighted by Gasteiger charge is -2.40. The van der Waals surface area contributed by atoms with Crippen LogP contribution in [-0.4, -0.2) is 90.5 Å². The van der Waals surface area contributed by atoms with Gasteiger partial charge in [0.2, 0.25) is 5.91 Å². The molecule has 5 atom stereocenters. The lowest BCUT2D eigenvalue weighted by Crippen LogP contribution is -2.64. The van der Waals surface area contributed by atoms with Crippen LogP contribution in [0.1, 0.15) is 0 Å². The zero-order valence-corrected chi connectivity index (χ0v) is 11.1. The molecule has 1 saturated heterocycles. The SMILES string of the molecule is COCCOCC(=O)NC1[C@@H](O)[C@@H](O)C(CO)O[C@@H]1O. The predicted octanol–water partition coefficient (Wildman–Crippen LogP) is -3.43. The van der Waals surface area contributed by atoms with Crippen LogP contribution in [0.15, 0.2) is 0 Å². The van der Waals surface area contributed by atoms with Crippen molar-refractivity contribution in [1.82, 2.24) is 5.32 Å². The van der Waals surface area contributed by atoms with Gasteiger partial charge in [0, 0.05) is 7.11 Å². The first-order valence-electron chi connectivity index (χ1n) is 6.17. The van der Waals surface area contributed by atoms with Crippen molar-refractivity contribution in [2.24, 2.45) is 0 Å². The van der Waals surface area contributed by atoms with Gasteiger partial charge in [0.05, 0.1) is 19.8 Å². The van der Waals surface area contributed by atoms with Crippen LogP contribution < -0.4 is 5.32 Å². The normalized spacial score (nSPS) is 34.0. The van der Waals surface area contributed by atoms with Gasteiger partial charge in [-0.2, -0.15) is 0 Å². The van der Waals surface area contributed by atoms with Gasteiger partial charge in [0.25, 0.3) is 0 Å². The number of methoxy groups -OCH3 is 1. The van der Waals surface area contributed by atoms with Gasteiger partial charge in [0.15, 0.2) is 6.29 Å². The van der Waals surface area contributed by atoms with E-state index in [0.717, 1.165) is 0 Å². The van der Waals surface area contributed by atoms with E-state index in [1.807, 2.05) is 0 Å². The number of nitrogens with one attached hydrogen (secondary N) is 1. The van der Waals surface area contributed by atoms with Crippen molar-refractivity contribution in [3.63, 3.8) is 0 Å². The molecule has 5 N–H and O–H groups in total. The third-order valence-electron chi connectivity index (χ3n) is 2.89. The van der Waals surface area contributed by atoms with Crippen LogP contribution in [-0.2, 0) is 19.0 Å². The molecule has 0 saturated carbocycles. The van der Waals surface area contributed by atoms with Crippen LogP contribution in [0.5, 0.6) is 0 Å². The lowest BCUT2D eigenvalue weighted by atomic mass is 9.97. The van der Waals surface area contributed by atoms with Crippen LogP contribution in [0.25, 0.3) is 0 Å². The van der Waals surface area contributed by atoms with E-state index in [2.05, 4.69) is 5.32 Å². The largest absolute Gasteiger partial charge is 0.394 e. The molecular weight excluding hydrogens is 274 g/mol. The molecule has 1 amide bonds. The molecule has 0 spiro atoms. The first-order valence-corrected chi connectivity index (χ1v) is 6.17. The maximum absolute atomic E-state index is 11.5. The van der Waals surface area contributed by atoms with Gasteiger partial charge < -0.3 is 40.0 Å². The average molecular weight is 295 g/mol. The summed E-state index contributed by atoms with van der Waals surface area (Å²) in [5, 5.41) is 40.3. The van der Waals surface area contributed by atoms with Gasteiger partial charge >= 0.3 is 0 Å². The second-order valence-corrected chi connectivity index (χ2v) is 4.37. The van der Waals surface area contributed by atoms with Crippen molar-refractivity contribution in [3.8, 4) is 0 Å². The fourth-order valence-electron chi connectivity index (χ4n) is 1.79. The molecule has 0 bridgehead atoms. The van der Waals surface area contributed by atoms with E-state index in [4.69, 9.17) is 19.3 Å². The van der Waals surface area contributed by atoms with E-state index >= 15 is 0 Å². The molecule has 1 rings (SSSR count). The molecule has 20 heavy (non-hydrogen) atoms. The van der Waals surface area contributed by atoms with E-state index in [1.54, 1.807) is 0 Å². The molecule has 0 aliphatic carbocycles. The molecule has 9 nitrogen and oxygen atoms in total. The Morgan fingerprint density at radius 1 is 1.25 bits per heavy atom. The summed E-state index contributed by atoms with van der Waals surface area (Å²) in [6.45, 7) is -0.276. The summed E-state index contributed by atoms with van der Waals surface area (Å²) >= 11 is 0. The molecule has 1 aliphatic rings. The minimum absolute atomic E-state index is 0.228. The van der Waals surface area contributed by atoms with Crippen LogP contribution in [0.3, 0.4) is 0 Å². The Morgan fingerprint density at radius 3 is 2.55 bits per heavy atom. The van der Waals surface area contributed by atoms with Crippen LogP contribution in [0, 0.1) is 0 Å². The van der Waals surface area contributed by atoms with Crippen LogP contribution in [0.2, 0.25) is 0 Å². The minimum Gasteiger partial charge on any atom is -0.394 e. The number of rotatable bonds is 7. The third kappa shape index (κ3) is 4.63. The molecule has 0 aromatic rings. The summed E-state index contributed by atoms with van der Waals surface area (Å²) in [7, 11) is 1.49. The van der Waals surface area contributed by atoms with Gasteiger partial charge in [0.1, 0.15) is 31.0 Å². The van der Waals surface area contributed by atoms with E-state index in [-0.39, 0.29) is 13.2 Å². The lowest BCUT2D eigenvalue weighted by molar-refractivity contribution is -0.254. The summed E-state index contributed by atoms with van der Waals surface area (Å²) in [5.41, 5.74) is 0. The Labute approximate surface area is 116 Å². The summed E-state index contributed by atoms with van der Waals surface area (Å²) in [4.78, 5) is 11.5. The number of aliphatic hydroxyl groups is 4. The molecular formula is C11H21NO8. The Kier molecular flexibility index (Phi) is 7.30. The number of ether oxygens (including phenoxy) is 3. The predicted molar refractivity (Wildman–Crippen MR) is 64.6 cm³/mol. The van der Waals surface area contributed by atoms with E-state index in [1.165, 1.54) is 7.11 Å². The topological polar surface area (TPSA) is 138 Å². The molecule has 9 heteroatoms. The monoisotopic (exact) mass is 295 g/mol. The first kappa shape index (κ1) is 17.2. The zero-order valence-electron chi connectivity index (χ0n) is 11.1. The number of carbonyl (C=O) groups is 1. The Hall–Kier alpha value is -0.810. The molecule has 118 valence electrons. The maximum Gasteiger partial charge on any atom is 0.246 e. The Morgan fingerprint density at radius 2 is 1.95 bits per heavy atom. The highest BCUT2D eigenvalue weighted by atomic mass is 16.6. The Bertz CT molecular complexity index is 302. The van der Waals surface area contributed by atoms with Crippen molar-refractivity contribution in [1.29, 1.82) is 0 Å². The number of aliphatic hydroxyl groups excluding tert-OH is 4. The highest BCUT2D eigenvalue weighted by molar-refractivity contribution is 5.77. The second kappa shape index (κ2) is 8.47. The third-order valence-corrected chi connectivity index (χ3v) is 2.89. The minimum atomic E-state index is -1.53. The van der Waals surface area contributed by atoms with E-state index in [0.29, 0.717) is 6.61 Å². The molecule has 2 unspecified atom stereocenters. The van der Waals surface area contributed by atoms with E-state index in [9.17, 15) is 20.1 Å². The smallest absolute Gasteiger partial charge is 0.246 e. The van der Waals surface area contributed by atoms with Gasteiger partial charge in [-0.3, -0.25) is 4.79 Å². The van der Waals surface area contributed by atoms with Gasteiger partial charge in [-0.15, -0.1) is 0 Å². The molecule has 0 aromatic carbocycles. The number of hydrogen-bond acceptors (Lipinski definition) is 8. The van der Waals surface area contributed by atoms with Crippen molar-refractivity contribution in [2.75, 3.05) is 33.5 Å². The van der Waals surface area contributed by atoms with Crippen molar-refractivity contribution < 1.29 is 39.4 Å². The number of carbonyl (C=O) groups excluding carboxylic acids is 1.